The van der Waals surface area contributed by atoms with Crippen LogP contribution in [0, 0.1) is 11.8 Å². The molecule has 0 radical (unpaired) electrons. The molecule has 4 heteroatoms. The number of nitrogens with one attached hydrogen (secondary N) is 2. The van der Waals surface area contributed by atoms with Gasteiger partial charge < -0.3 is 15.4 Å². The van der Waals surface area contributed by atoms with Crippen molar-refractivity contribution in [1.29, 1.82) is 0 Å². The fraction of sp³-hybridized carbons (Fsp3) is 0.909. The van der Waals surface area contributed by atoms with Crippen molar-refractivity contribution in [2.45, 2.75) is 38.8 Å². The Labute approximate surface area is 90.8 Å². The first-order valence-electron chi connectivity index (χ1n) is 5.55. The number of carbonyl (C=O) groups is 1. The second-order valence-corrected chi connectivity index (χ2v) is 5.78. The molecule has 1 aliphatic heterocycles. The van der Waals surface area contributed by atoms with Gasteiger partial charge >= 0.3 is 6.09 Å². The van der Waals surface area contributed by atoms with Gasteiger partial charge in [0, 0.05) is 30.5 Å². The number of fused-ring (bicyclic) bond motifs is 1. The third-order valence-electron chi connectivity index (χ3n) is 3.42. The molecule has 1 aliphatic carbocycles. The summed E-state index contributed by atoms with van der Waals surface area (Å²) in [5, 5.41) is 6.29. The Morgan fingerprint density at radius 1 is 1.40 bits per heavy atom. The van der Waals surface area contributed by atoms with Crippen molar-refractivity contribution in [1.82, 2.24) is 10.6 Å². The van der Waals surface area contributed by atoms with Crippen molar-refractivity contribution >= 4 is 6.09 Å². The molecule has 4 nitrogen and oxygen atoms in total. The van der Waals surface area contributed by atoms with E-state index in [0.29, 0.717) is 11.8 Å². The fourth-order valence-corrected chi connectivity index (χ4v) is 2.51. The van der Waals surface area contributed by atoms with E-state index in [1.54, 1.807) is 0 Å². The molecule has 1 saturated carbocycles. The molecule has 1 amide bonds. The van der Waals surface area contributed by atoms with E-state index < -0.39 is 5.60 Å². The van der Waals surface area contributed by atoms with Gasteiger partial charge in [-0.2, -0.15) is 0 Å². The lowest BCUT2D eigenvalue weighted by Gasteiger charge is -2.23. The standard InChI is InChI=1S/C11H20N2O2/c1-10(2,3)15-9(14)13-11(4)7-5-12-6-8(7)11/h7-8,12H,5-6H2,1-4H3,(H,13,14). The Balaban J connectivity index is 1.86. The highest BCUT2D eigenvalue weighted by molar-refractivity contribution is 5.69. The Hall–Kier alpha value is -0.770. The van der Waals surface area contributed by atoms with Crippen molar-refractivity contribution < 1.29 is 9.53 Å². The molecule has 2 atom stereocenters. The lowest BCUT2D eigenvalue weighted by molar-refractivity contribution is 0.0490. The minimum Gasteiger partial charge on any atom is -0.444 e. The summed E-state index contributed by atoms with van der Waals surface area (Å²) in [6, 6.07) is 0. The second kappa shape index (κ2) is 3.11. The van der Waals surface area contributed by atoms with E-state index in [4.69, 9.17) is 4.74 Å². The number of rotatable bonds is 1. The lowest BCUT2D eigenvalue weighted by atomic mass is 10.2. The van der Waals surface area contributed by atoms with Crippen LogP contribution < -0.4 is 10.6 Å². The molecular weight excluding hydrogens is 192 g/mol. The van der Waals surface area contributed by atoms with Crippen molar-refractivity contribution in [2.75, 3.05) is 13.1 Å². The van der Waals surface area contributed by atoms with E-state index in [2.05, 4.69) is 17.6 Å². The summed E-state index contributed by atoms with van der Waals surface area (Å²) in [4.78, 5) is 11.6. The molecule has 0 bridgehead atoms. The van der Waals surface area contributed by atoms with E-state index in [0.717, 1.165) is 13.1 Å². The van der Waals surface area contributed by atoms with Gasteiger partial charge in [-0.1, -0.05) is 0 Å². The summed E-state index contributed by atoms with van der Waals surface area (Å²) in [6.45, 7) is 9.76. The lowest BCUT2D eigenvalue weighted by Crippen LogP contribution is -2.44. The molecule has 1 saturated heterocycles. The summed E-state index contributed by atoms with van der Waals surface area (Å²) >= 11 is 0. The highest BCUT2D eigenvalue weighted by Crippen LogP contribution is 2.52. The van der Waals surface area contributed by atoms with Crippen LogP contribution >= 0.6 is 0 Å². The molecule has 2 aliphatic rings. The van der Waals surface area contributed by atoms with Gasteiger partial charge in [0.1, 0.15) is 5.60 Å². The average Bonchev–Trinajstić information content (AvgIpc) is 2.43. The molecule has 2 rings (SSSR count). The van der Waals surface area contributed by atoms with Crippen LogP contribution in [0.4, 0.5) is 4.79 Å². The summed E-state index contributed by atoms with van der Waals surface area (Å²) in [7, 11) is 0. The molecule has 86 valence electrons. The van der Waals surface area contributed by atoms with Crippen LogP contribution in [0.25, 0.3) is 0 Å². The Bertz CT molecular complexity index is 273. The van der Waals surface area contributed by atoms with Crippen molar-refractivity contribution in [3.05, 3.63) is 0 Å². The van der Waals surface area contributed by atoms with Crippen molar-refractivity contribution in [3.8, 4) is 0 Å². The Kier molecular flexibility index (Phi) is 2.23. The van der Waals surface area contributed by atoms with Crippen molar-refractivity contribution in [2.24, 2.45) is 11.8 Å². The number of ether oxygens (including phenoxy) is 1. The van der Waals surface area contributed by atoms with Gasteiger partial charge in [-0.15, -0.1) is 0 Å². The normalized spacial score (nSPS) is 38.4. The van der Waals surface area contributed by atoms with Gasteiger partial charge in [-0.25, -0.2) is 4.79 Å². The number of alkyl carbamates (subject to hydrolysis) is 1. The van der Waals surface area contributed by atoms with Gasteiger partial charge in [0.05, 0.1) is 0 Å². The fourth-order valence-electron chi connectivity index (χ4n) is 2.51. The minimum atomic E-state index is -0.414. The Morgan fingerprint density at radius 2 is 1.93 bits per heavy atom. The van der Waals surface area contributed by atoms with E-state index in [-0.39, 0.29) is 11.6 Å². The Morgan fingerprint density at radius 3 is 2.40 bits per heavy atom. The van der Waals surface area contributed by atoms with Crippen LogP contribution in [0.2, 0.25) is 0 Å². The number of hydrogen-bond donors (Lipinski definition) is 2. The van der Waals surface area contributed by atoms with Crippen LogP contribution in [-0.2, 0) is 4.74 Å². The molecule has 15 heavy (non-hydrogen) atoms. The topological polar surface area (TPSA) is 50.4 Å². The predicted octanol–water partition coefficient (Wildman–Crippen LogP) is 1.12. The molecular formula is C11H20N2O2. The number of piperidine rings is 1. The number of amides is 1. The molecule has 1 heterocycles. The third kappa shape index (κ3) is 1.95. The predicted molar refractivity (Wildman–Crippen MR) is 57.6 cm³/mol. The van der Waals surface area contributed by atoms with Crippen LogP contribution in [0.3, 0.4) is 0 Å². The zero-order chi connectivity index (χ0) is 11.3. The first-order valence-corrected chi connectivity index (χ1v) is 5.55. The maximum absolute atomic E-state index is 11.6. The minimum absolute atomic E-state index is 0.0341. The molecule has 0 aromatic carbocycles. The van der Waals surface area contributed by atoms with Crippen LogP contribution in [0.15, 0.2) is 0 Å². The zero-order valence-electron chi connectivity index (χ0n) is 9.89. The van der Waals surface area contributed by atoms with Gasteiger partial charge in [0.15, 0.2) is 0 Å². The highest BCUT2D eigenvalue weighted by atomic mass is 16.6. The summed E-state index contributed by atoms with van der Waals surface area (Å²) < 4.78 is 5.25. The summed E-state index contributed by atoms with van der Waals surface area (Å²) in [6.07, 6.45) is -0.292. The zero-order valence-corrected chi connectivity index (χ0v) is 9.89. The molecule has 0 aromatic rings. The average molecular weight is 212 g/mol. The molecule has 0 aromatic heterocycles. The van der Waals surface area contributed by atoms with Gasteiger partial charge in [0.2, 0.25) is 0 Å². The number of hydrogen-bond acceptors (Lipinski definition) is 3. The van der Waals surface area contributed by atoms with E-state index >= 15 is 0 Å². The summed E-state index contributed by atoms with van der Waals surface area (Å²) in [5.74, 6) is 1.18. The van der Waals surface area contributed by atoms with E-state index in [1.807, 2.05) is 20.8 Å². The summed E-state index contributed by atoms with van der Waals surface area (Å²) in [5.41, 5.74) is -0.448. The first kappa shape index (κ1) is 10.7. The largest absolute Gasteiger partial charge is 0.444 e. The molecule has 2 N–H and O–H groups in total. The number of carbonyl (C=O) groups excluding carboxylic acids is 1. The monoisotopic (exact) mass is 212 g/mol. The SMILES string of the molecule is CC(C)(C)OC(=O)NC1(C)C2CNCC21. The highest BCUT2D eigenvalue weighted by Gasteiger charge is 2.64. The maximum atomic E-state index is 11.6. The van der Waals surface area contributed by atoms with Crippen LogP contribution in [-0.4, -0.2) is 30.3 Å². The van der Waals surface area contributed by atoms with Crippen LogP contribution in [0.5, 0.6) is 0 Å². The smallest absolute Gasteiger partial charge is 0.408 e. The van der Waals surface area contributed by atoms with Gasteiger partial charge in [-0.05, 0) is 27.7 Å². The van der Waals surface area contributed by atoms with Gasteiger partial charge in [-0.3, -0.25) is 0 Å². The first-order chi connectivity index (χ1) is 6.83. The molecule has 2 unspecified atom stereocenters. The van der Waals surface area contributed by atoms with E-state index in [1.165, 1.54) is 0 Å². The third-order valence-corrected chi connectivity index (χ3v) is 3.42. The van der Waals surface area contributed by atoms with Crippen LogP contribution in [0.1, 0.15) is 27.7 Å². The van der Waals surface area contributed by atoms with Gasteiger partial charge in [0.25, 0.3) is 0 Å². The maximum Gasteiger partial charge on any atom is 0.408 e. The van der Waals surface area contributed by atoms with Crippen molar-refractivity contribution in [3.63, 3.8) is 0 Å². The quantitative estimate of drug-likeness (QED) is 0.685. The molecule has 0 spiro atoms. The van der Waals surface area contributed by atoms with E-state index in [9.17, 15) is 4.79 Å². The molecule has 2 fully saturated rings. The second-order valence-electron chi connectivity index (χ2n) is 5.78.